The smallest absolute Gasteiger partial charge is 0.272 e. The van der Waals surface area contributed by atoms with Gasteiger partial charge in [-0.2, -0.15) is 0 Å². The lowest BCUT2D eigenvalue weighted by molar-refractivity contribution is -0.344. The maximum absolute atomic E-state index is 5.56. The van der Waals surface area contributed by atoms with Gasteiger partial charge in [-0.3, -0.25) is 0 Å². The minimum Gasteiger partial charge on any atom is -0.380 e. The van der Waals surface area contributed by atoms with E-state index in [9.17, 15) is 0 Å². The third-order valence-electron chi connectivity index (χ3n) is 2.16. The molecule has 0 aromatic heterocycles. The van der Waals surface area contributed by atoms with E-state index < -0.39 is 5.97 Å². The Bertz CT molecular complexity index is 203. The van der Waals surface area contributed by atoms with Crippen LogP contribution in [-0.2, 0) is 18.6 Å². The third-order valence-corrected chi connectivity index (χ3v) is 2.78. The van der Waals surface area contributed by atoms with Crippen LogP contribution in [0.5, 0.6) is 0 Å². The van der Waals surface area contributed by atoms with Crippen LogP contribution in [0.2, 0.25) is 0 Å². The summed E-state index contributed by atoms with van der Waals surface area (Å²) >= 11 is 0. The molecule has 0 fully saturated rings. The minimum absolute atomic E-state index is 0.578. The average molecular weight is 262 g/mol. The van der Waals surface area contributed by atoms with E-state index in [1.54, 1.807) is 0 Å². The molecule has 0 saturated carbocycles. The SMILES string of the molecule is C=C(C)COCCCC(O[SiH3])(OCC)OCC. The van der Waals surface area contributed by atoms with Crippen molar-refractivity contribution in [1.82, 2.24) is 0 Å². The highest BCUT2D eigenvalue weighted by atomic mass is 28.2. The predicted octanol–water partition coefficient (Wildman–Crippen LogP) is 1.38. The van der Waals surface area contributed by atoms with Crippen molar-refractivity contribution in [2.24, 2.45) is 0 Å². The van der Waals surface area contributed by atoms with E-state index in [0.29, 0.717) is 43.3 Å². The first kappa shape index (κ1) is 16.8. The normalized spacial score (nSPS) is 11.9. The molecule has 0 rings (SSSR count). The summed E-state index contributed by atoms with van der Waals surface area (Å²) in [6, 6.07) is 0. The van der Waals surface area contributed by atoms with E-state index in [4.69, 9.17) is 18.6 Å². The Kier molecular flexibility index (Phi) is 9.67. The predicted molar refractivity (Wildman–Crippen MR) is 71.9 cm³/mol. The fourth-order valence-electron chi connectivity index (χ4n) is 1.48. The molecule has 0 heterocycles. The van der Waals surface area contributed by atoms with Crippen LogP contribution in [0.1, 0.15) is 33.6 Å². The summed E-state index contributed by atoms with van der Waals surface area (Å²) in [4.78, 5) is 0. The summed E-state index contributed by atoms with van der Waals surface area (Å²) in [5.41, 5.74) is 1.03. The van der Waals surface area contributed by atoms with Gasteiger partial charge in [-0.25, -0.2) is 0 Å². The van der Waals surface area contributed by atoms with E-state index in [2.05, 4.69) is 6.58 Å². The van der Waals surface area contributed by atoms with Crippen molar-refractivity contribution in [3.63, 3.8) is 0 Å². The first-order valence-corrected chi connectivity index (χ1v) is 6.97. The molecule has 0 aromatic carbocycles. The lowest BCUT2D eigenvalue weighted by atomic mass is 10.3. The van der Waals surface area contributed by atoms with Crippen molar-refractivity contribution >= 4 is 10.5 Å². The molecule has 0 aromatic rings. The highest BCUT2D eigenvalue weighted by molar-refractivity contribution is 5.98. The number of ether oxygens (including phenoxy) is 3. The van der Waals surface area contributed by atoms with Gasteiger partial charge in [0.2, 0.25) is 0 Å². The van der Waals surface area contributed by atoms with Gasteiger partial charge >= 0.3 is 0 Å². The first-order chi connectivity index (χ1) is 8.10. The molecule has 0 spiro atoms. The van der Waals surface area contributed by atoms with Crippen LogP contribution < -0.4 is 0 Å². The van der Waals surface area contributed by atoms with Crippen LogP contribution in [0.4, 0.5) is 0 Å². The van der Waals surface area contributed by atoms with Crippen LogP contribution >= 0.6 is 0 Å². The summed E-state index contributed by atoms with van der Waals surface area (Å²) in [6.07, 6.45) is 1.53. The third kappa shape index (κ3) is 7.67. The zero-order valence-corrected chi connectivity index (χ0v) is 13.6. The van der Waals surface area contributed by atoms with Gasteiger partial charge in [0.15, 0.2) is 10.5 Å². The van der Waals surface area contributed by atoms with E-state index in [1.165, 1.54) is 0 Å². The van der Waals surface area contributed by atoms with E-state index in [1.807, 2.05) is 20.8 Å². The molecule has 0 amide bonds. The maximum atomic E-state index is 5.56. The molecule has 5 heteroatoms. The molecule has 0 saturated heterocycles. The Morgan fingerprint density at radius 3 is 2.24 bits per heavy atom. The molecule has 0 aliphatic carbocycles. The zero-order chi connectivity index (χ0) is 13.1. The molecule has 0 radical (unpaired) electrons. The van der Waals surface area contributed by atoms with Gasteiger partial charge in [-0.15, -0.1) is 0 Å². The molecule has 0 N–H and O–H groups in total. The molecule has 0 aliphatic rings. The molecule has 102 valence electrons. The lowest BCUT2D eigenvalue weighted by Crippen LogP contribution is -2.39. The van der Waals surface area contributed by atoms with Crippen LogP contribution in [0.25, 0.3) is 0 Å². The van der Waals surface area contributed by atoms with Crippen molar-refractivity contribution in [1.29, 1.82) is 0 Å². The van der Waals surface area contributed by atoms with Gasteiger partial charge in [0.1, 0.15) is 0 Å². The average Bonchev–Trinajstić information content (AvgIpc) is 2.28. The van der Waals surface area contributed by atoms with E-state index in [0.717, 1.165) is 12.0 Å². The van der Waals surface area contributed by atoms with E-state index >= 15 is 0 Å². The van der Waals surface area contributed by atoms with Crippen LogP contribution in [0, 0.1) is 0 Å². The zero-order valence-electron chi connectivity index (χ0n) is 11.6. The summed E-state index contributed by atoms with van der Waals surface area (Å²) in [5, 5.41) is 0. The van der Waals surface area contributed by atoms with Gasteiger partial charge in [0, 0.05) is 26.2 Å². The van der Waals surface area contributed by atoms with E-state index in [-0.39, 0.29) is 0 Å². The Balaban J connectivity index is 3.93. The molecule has 0 aliphatic heterocycles. The molecule has 0 atom stereocenters. The van der Waals surface area contributed by atoms with Crippen molar-refractivity contribution in [3.8, 4) is 0 Å². The quantitative estimate of drug-likeness (QED) is 0.244. The first-order valence-electron chi connectivity index (χ1n) is 6.15. The second kappa shape index (κ2) is 9.79. The summed E-state index contributed by atoms with van der Waals surface area (Å²) in [7, 11) is 0.586. The molecule has 0 unspecified atom stereocenters. The van der Waals surface area contributed by atoms with Gasteiger partial charge in [-0.1, -0.05) is 12.2 Å². The van der Waals surface area contributed by atoms with Crippen molar-refractivity contribution < 1.29 is 18.6 Å². The number of rotatable bonds is 11. The fourth-order valence-corrected chi connectivity index (χ4v) is 1.92. The van der Waals surface area contributed by atoms with Gasteiger partial charge in [-0.05, 0) is 27.2 Å². The molecule has 4 nitrogen and oxygen atoms in total. The monoisotopic (exact) mass is 262 g/mol. The Labute approximate surface area is 108 Å². The Morgan fingerprint density at radius 1 is 1.24 bits per heavy atom. The minimum atomic E-state index is -0.859. The van der Waals surface area contributed by atoms with Gasteiger partial charge < -0.3 is 18.6 Å². The van der Waals surface area contributed by atoms with Crippen LogP contribution in [0.15, 0.2) is 12.2 Å². The van der Waals surface area contributed by atoms with Crippen LogP contribution in [-0.4, -0.2) is 42.9 Å². The highest BCUT2D eigenvalue weighted by Gasteiger charge is 2.30. The molecular formula is C12H26O4Si. The van der Waals surface area contributed by atoms with Crippen molar-refractivity contribution in [3.05, 3.63) is 12.2 Å². The number of hydrogen-bond acceptors (Lipinski definition) is 4. The Hall–Kier alpha value is -0.203. The molecule has 17 heavy (non-hydrogen) atoms. The van der Waals surface area contributed by atoms with Crippen molar-refractivity contribution in [2.45, 2.75) is 39.6 Å². The topological polar surface area (TPSA) is 36.9 Å². The standard InChI is InChI=1S/C12H26O4Si/c1-5-14-12(16-17,15-6-2)8-7-9-13-10-11(3)4/h3,5-10H2,1-2,4,17H3. The fraction of sp³-hybridized carbons (Fsp3) is 0.833. The molecular weight excluding hydrogens is 236 g/mol. The summed E-state index contributed by atoms with van der Waals surface area (Å²) < 4.78 is 22.0. The summed E-state index contributed by atoms with van der Waals surface area (Å²) in [5.74, 6) is -0.859. The van der Waals surface area contributed by atoms with Gasteiger partial charge in [0.05, 0.1) is 6.61 Å². The highest BCUT2D eigenvalue weighted by Crippen LogP contribution is 2.20. The Morgan fingerprint density at radius 2 is 1.82 bits per heavy atom. The lowest BCUT2D eigenvalue weighted by Gasteiger charge is -2.31. The summed E-state index contributed by atoms with van der Waals surface area (Å²) in [6.45, 7) is 12.0. The maximum Gasteiger partial charge on any atom is 0.272 e. The number of hydrogen-bond donors (Lipinski definition) is 0. The largest absolute Gasteiger partial charge is 0.380 e. The molecule has 0 bridgehead atoms. The second-order valence-corrected chi connectivity index (χ2v) is 4.27. The van der Waals surface area contributed by atoms with Crippen molar-refractivity contribution in [2.75, 3.05) is 26.4 Å². The van der Waals surface area contributed by atoms with Gasteiger partial charge in [0.25, 0.3) is 5.97 Å². The second-order valence-electron chi connectivity index (χ2n) is 3.87. The van der Waals surface area contributed by atoms with Crippen LogP contribution in [0.3, 0.4) is 0 Å².